The second-order valence-corrected chi connectivity index (χ2v) is 6.47. The molecule has 156 valence electrons. The second kappa shape index (κ2) is 10.8. The number of benzene rings is 2. The summed E-state index contributed by atoms with van der Waals surface area (Å²) >= 11 is 0. The number of carbonyl (C=O) groups excluding carboxylic acids is 3. The van der Waals surface area contributed by atoms with E-state index in [1.54, 1.807) is 55.5 Å². The number of aliphatic hydroxyl groups is 1. The summed E-state index contributed by atoms with van der Waals surface area (Å²) in [5.74, 6) is 4.42. The fraction of sp³-hybridized carbons (Fsp3) is 0.227. The van der Waals surface area contributed by atoms with Gasteiger partial charge < -0.3 is 15.7 Å². The van der Waals surface area contributed by atoms with Gasteiger partial charge in [-0.25, -0.2) is 5.48 Å². The first-order valence-electron chi connectivity index (χ1n) is 9.29. The number of nitrogens with one attached hydrogen (secondary N) is 3. The summed E-state index contributed by atoms with van der Waals surface area (Å²) in [4.78, 5) is 35.1. The third-order valence-corrected chi connectivity index (χ3v) is 4.15. The average Bonchev–Trinajstić information content (AvgIpc) is 2.76. The molecule has 2 unspecified atom stereocenters. The number of hydroxylamine groups is 1. The molecule has 2 aromatic rings. The lowest BCUT2D eigenvalue weighted by Crippen LogP contribution is -2.51. The third-order valence-electron chi connectivity index (χ3n) is 4.15. The molecule has 0 saturated carbocycles. The minimum absolute atomic E-state index is 0.0604. The van der Waals surface area contributed by atoms with E-state index < -0.39 is 24.0 Å². The maximum atomic E-state index is 12.3. The Morgan fingerprint density at radius 1 is 0.967 bits per heavy atom. The van der Waals surface area contributed by atoms with Crippen molar-refractivity contribution in [3.63, 3.8) is 0 Å². The molecule has 0 spiro atoms. The van der Waals surface area contributed by atoms with Crippen LogP contribution < -0.4 is 16.1 Å². The van der Waals surface area contributed by atoms with Crippen LogP contribution in [0.1, 0.15) is 41.8 Å². The Labute approximate surface area is 174 Å². The molecule has 2 atom stereocenters. The molecule has 2 aromatic carbocycles. The maximum absolute atomic E-state index is 12.3. The summed E-state index contributed by atoms with van der Waals surface area (Å²) in [5, 5.41) is 23.4. The monoisotopic (exact) mass is 409 g/mol. The number of aliphatic hydroxyl groups excluding tert-OH is 1. The fourth-order valence-corrected chi connectivity index (χ4v) is 2.43. The highest BCUT2D eigenvalue weighted by molar-refractivity contribution is 5.97. The Hall–Kier alpha value is -3.67. The lowest BCUT2D eigenvalue weighted by Gasteiger charge is -2.19. The van der Waals surface area contributed by atoms with E-state index in [0.717, 1.165) is 5.56 Å². The van der Waals surface area contributed by atoms with Gasteiger partial charge in [-0.1, -0.05) is 18.8 Å². The first-order valence-corrected chi connectivity index (χ1v) is 9.29. The van der Waals surface area contributed by atoms with E-state index in [2.05, 4.69) is 22.5 Å². The van der Waals surface area contributed by atoms with Crippen LogP contribution in [0.25, 0.3) is 0 Å². The van der Waals surface area contributed by atoms with Gasteiger partial charge in [-0.2, -0.15) is 0 Å². The topological polar surface area (TPSA) is 128 Å². The zero-order valence-corrected chi connectivity index (χ0v) is 16.6. The van der Waals surface area contributed by atoms with Crippen LogP contribution >= 0.6 is 0 Å². The summed E-state index contributed by atoms with van der Waals surface area (Å²) in [6.45, 7) is 3.10. The number of hydrogen-bond donors (Lipinski definition) is 5. The SMILES string of the molecule is CCC(=O)Nc1ccc(C#Cc2ccc(C(=O)NC(C(=O)NO)C(C)O)cc2)cc1. The molecule has 0 bridgehead atoms. The number of amides is 3. The molecule has 5 N–H and O–H groups in total. The first kappa shape index (κ1) is 22.6. The summed E-state index contributed by atoms with van der Waals surface area (Å²) in [5.41, 5.74) is 3.82. The van der Waals surface area contributed by atoms with Crippen molar-refractivity contribution in [3.05, 3.63) is 65.2 Å². The van der Waals surface area contributed by atoms with Gasteiger partial charge in [0.15, 0.2) is 0 Å². The molecule has 3 amide bonds. The molecule has 0 aliphatic rings. The standard InChI is InChI=1S/C22H23N3O5/c1-3-19(27)23-18-12-8-16(9-13-18)5-4-15-6-10-17(11-7-15)21(28)24-20(14(2)26)22(29)25-30/h6-14,20,26,30H,3H2,1-2H3,(H,23,27)(H,24,28)(H,25,29). The van der Waals surface area contributed by atoms with E-state index in [4.69, 9.17) is 5.21 Å². The second-order valence-electron chi connectivity index (χ2n) is 6.47. The van der Waals surface area contributed by atoms with Crippen molar-refractivity contribution < 1.29 is 24.7 Å². The van der Waals surface area contributed by atoms with Crippen molar-refractivity contribution in [2.45, 2.75) is 32.4 Å². The van der Waals surface area contributed by atoms with Crippen molar-refractivity contribution in [3.8, 4) is 11.8 Å². The Morgan fingerprint density at radius 3 is 1.97 bits per heavy atom. The predicted molar refractivity (Wildman–Crippen MR) is 111 cm³/mol. The van der Waals surface area contributed by atoms with Crippen molar-refractivity contribution in [2.24, 2.45) is 0 Å². The number of rotatable bonds is 6. The fourth-order valence-electron chi connectivity index (χ4n) is 2.43. The number of anilines is 1. The molecule has 0 aliphatic heterocycles. The van der Waals surface area contributed by atoms with Crippen LogP contribution in [0.3, 0.4) is 0 Å². The van der Waals surface area contributed by atoms with Gasteiger partial charge in [0.2, 0.25) is 5.91 Å². The zero-order chi connectivity index (χ0) is 22.1. The number of carbonyl (C=O) groups is 3. The van der Waals surface area contributed by atoms with E-state index in [1.165, 1.54) is 12.4 Å². The molecule has 0 fully saturated rings. The molecule has 8 nitrogen and oxygen atoms in total. The summed E-state index contributed by atoms with van der Waals surface area (Å²) < 4.78 is 0. The normalized spacial score (nSPS) is 12.0. The van der Waals surface area contributed by atoms with Gasteiger partial charge in [0, 0.05) is 28.8 Å². The Kier molecular flexibility index (Phi) is 8.11. The molecule has 30 heavy (non-hydrogen) atoms. The first-order chi connectivity index (χ1) is 14.3. The quantitative estimate of drug-likeness (QED) is 0.280. The van der Waals surface area contributed by atoms with Gasteiger partial charge in [-0.05, 0) is 55.5 Å². The third kappa shape index (κ3) is 6.44. The molecule has 2 rings (SSSR count). The summed E-state index contributed by atoms with van der Waals surface area (Å²) in [6.07, 6.45) is -0.780. The van der Waals surface area contributed by atoms with Gasteiger partial charge >= 0.3 is 0 Å². The van der Waals surface area contributed by atoms with E-state index in [1.807, 2.05) is 0 Å². The highest BCUT2D eigenvalue weighted by Gasteiger charge is 2.25. The largest absolute Gasteiger partial charge is 0.391 e. The molecular weight excluding hydrogens is 386 g/mol. The lowest BCUT2D eigenvalue weighted by molar-refractivity contribution is -0.133. The highest BCUT2D eigenvalue weighted by Crippen LogP contribution is 2.10. The maximum Gasteiger partial charge on any atom is 0.268 e. The molecule has 0 saturated heterocycles. The average molecular weight is 409 g/mol. The van der Waals surface area contributed by atoms with Gasteiger partial charge in [0.1, 0.15) is 6.04 Å². The Balaban J connectivity index is 2.03. The van der Waals surface area contributed by atoms with Crippen LogP contribution in [0.15, 0.2) is 48.5 Å². The predicted octanol–water partition coefficient (Wildman–Crippen LogP) is 1.42. The van der Waals surface area contributed by atoms with Crippen LogP contribution in [0.5, 0.6) is 0 Å². The molecule has 0 aromatic heterocycles. The zero-order valence-electron chi connectivity index (χ0n) is 16.6. The van der Waals surface area contributed by atoms with E-state index in [9.17, 15) is 19.5 Å². The molecule has 0 aliphatic carbocycles. The Bertz CT molecular complexity index is 957. The summed E-state index contributed by atoms with van der Waals surface area (Å²) in [7, 11) is 0. The molecule has 0 heterocycles. The molecule has 8 heteroatoms. The van der Waals surface area contributed by atoms with Crippen LogP contribution in [-0.2, 0) is 9.59 Å². The van der Waals surface area contributed by atoms with Gasteiger partial charge in [-0.3, -0.25) is 19.6 Å². The minimum Gasteiger partial charge on any atom is -0.391 e. The van der Waals surface area contributed by atoms with E-state index in [0.29, 0.717) is 17.7 Å². The number of hydrogen-bond acceptors (Lipinski definition) is 5. The van der Waals surface area contributed by atoms with Crippen molar-refractivity contribution in [1.29, 1.82) is 0 Å². The van der Waals surface area contributed by atoms with Crippen molar-refractivity contribution in [2.75, 3.05) is 5.32 Å². The van der Waals surface area contributed by atoms with Crippen LogP contribution in [0, 0.1) is 11.8 Å². The van der Waals surface area contributed by atoms with E-state index in [-0.39, 0.29) is 11.5 Å². The van der Waals surface area contributed by atoms with Crippen molar-refractivity contribution in [1.82, 2.24) is 10.8 Å². The van der Waals surface area contributed by atoms with Gasteiger partial charge in [-0.15, -0.1) is 0 Å². The van der Waals surface area contributed by atoms with Crippen LogP contribution in [-0.4, -0.2) is 40.2 Å². The lowest BCUT2D eigenvalue weighted by atomic mass is 10.1. The molecular formula is C22H23N3O5. The summed E-state index contributed by atoms with van der Waals surface area (Å²) in [6, 6.07) is 12.2. The van der Waals surface area contributed by atoms with Crippen molar-refractivity contribution >= 4 is 23.4 Å². The van der Waals surface area contributed by atoms with Crippen LogP contribution in [0.4, 0.5) is 5.69 Å². The van der Waals surface area contributed by atoms with Gasteiger partial charge in [0.25, 0.3) is 11.8 Å². The molecule has 0 radical (unpaired) electrons. The van der Waals surface area contributed by atoms with E-state index >= 15 is 0 Å². The van der Waals surface area contributed by atoms with Crippen LogP contribution in [0.2, 0.25) is 0 Å². The smallest absolute Gasteiger partial charge is 0.268 e. The Morgan fingerprint density at radius 2 is 1.50 bits per heavy atom. The van der Waals surface area contributed by atoms with Gasteiger partial charge in [0.05, 0.1) is 6.10 Å². The minimum atomic E-state index is -1.29. The highest BCUT2D eigenvalue weighted by atomic mass is 16.5.